The molecule has 1 atom stereocenters. The highest BCUT2D eigenvalue weighted by Gasteiger charge is 2.40. The van der Waals surface area contributed by atoms with Gasteiger partial charge in [-0.05, 0) is 24.3 Å². The van der Waals surface area contributed by atoms with E-state index in [0.29, 0.717) is 0 Å². The number of hydrazone groups is 1. The van der Waals surface area contributed by atoms with Gasteiger partial charge in [0.1, 0.15) is 27.7 Å². The van der Waals surface area contributed by atoms with Crippen LogP contribution in [0.1, 0.15) is 5.76 Å². The van der Waals surface area contributed by atoms with Crippen LogP contribution in [-0.2, 0) is 35.0 Å². The van der Waals surface area contributed by atoms with Gasteiger partial charge in [0.2, 0.25) is 0 Å². The van der Waals surface area contributed by atoms with Crippen LogP contribution in [0.2, 0.25) is 0 Å². The van der Waals surface area contributed by atoms with Crippen molar-refractivity contribution in [3.63, 3.8) is 0 Å². The molecule has 32 heavy (non-hydrogen) atoms. The lowest BCUT2D eigenvalue weighted by molar-refractivity contribution is -0.135. The zero-order valence-corrected chi connectivity index (χ0v) is 18.9. The van der Waals surface area contributed by atoms with Crippen molar-refractivity contribution in [2.45, 2.75) is 16.0 Å². The highest BCUT2D eigenvalue weighted by molar-refractivity contribution is 8.07. The molecule has 0 amide bonds. The van der Waals surface area contributed by atoms with Crippen LogP contribution in [0, 0.1) is 11.3 Å². The minimum atomic E-state index is -4.37. The van der Waals surface area contributed by atoms with Crippen molar-refractivity contribution < 1.29 is 30.8 Å². The predicted molar refractivity (Wildman–Crippen MR) is 114 cm³/mol. The van der Waals surface area contributed by atoms with Crippen LogP contribution >= 0.6 is 11.8 Å². The van der Waals surface area contributed by atoms with E-state index in [2.05, 4.69) is 20.2 Å². The van der Waals surface area contributed by atoms with E-state index in [0.717, 1.165) is 18.9 Å². The summed E-state index contributed by atoms with van der Waals surface area (Å²) in [6.07, 6.45) is 2.56. The Bertz CT molecular complexity index is 1310. The van der Waals surface area contributed by atoms with Gasteiger partial charge in [0, 0.05) is 11.9 Å². The Labute approximate surface area is 188 Å². The molecule has 1 unspecified atom stereocenters. The van der Waals surface area contributed by atoms with E-state index in [4.69, 9.17) is 4.42 Å². The average Bonchev–Trinajstić information content (AvgIpc) is 3.44. The normalized spacial score (nSPS) is 17.1. The number of nitriles is 1. The topological polar surface area (TPSA) is 169 Å². The summed E-state index contributed by atoms with van der Waals surface area (Å²) >= 11 is 0.913. The number of methoxy groups -OCH3 is 1. The molecule has 0 aliphatic carbocycles. The third-order valence-electron chi connectivity index (χ3n) is 4.21. The van der Waals surface area contributed by atoms with Crippen molar-refractivity contribution in [3.8, 4) is 6.07 Å². The molecule has 0 saturated heterocycles. The summed E-state index contributed by atoms with van der Waals surface area (Å²) in [5.74, 6) is -1.12. The standard InChI is InChI=1S/C18H16N4O7S3/c1-28-18(23)17-16(13(10-30-17)31(24,25)11-12-5-4-8-29-12)22-21-15(9-19)32(26,27)14-6-2-3-7-20-14/h2-8,13,22H,10-11H2,1H3/b21-15-. The third kappa shape index (κ3) is 4.85. The van der Waals surface area contributed by atoms with Crippen molar-refractivity contribution in [3.05, 3.63) is 59.2 Å². The lowest BCUT2D eigenvalue weighted by atomic mass is 10.3. The number of thioether (sulfide) groups is 1. The quantitative estimate of drug-likeness (QED) is 0.251. The molecule has 11 nitrogen and oxygen atoms in total. The average molecular weight is 497 g/mol. The minimum Gasteiger partial charge on any atom is -0.468 e. The molecule has 2 aromatic heterocycles. The summed E-state index contributed by atoms with van der Waals surface area (Å²) < 4.78 is 61.0. The molecule has 168 valence electrons. The van der Waals surface area contributed by atoms with Crippen LogP contribution in [0.4, 0.5) is 0 Å². The van der Waals surface area contributed by atoms with Gasteiger partial charge in [-0.2, -0.15) is 10.4 Å². The number of nitrogens with zero attached hydrogens (tertiary/aromatic N) is 3. The minimum absolute atomic E-state index is 0.0415. The molecule has 1 aliphatic rings. The second kappa shape index (κ2) is 9.55. The Kier molecular flexibility index (Phi) is 7.02. The Morgan fingerprint density at radius 1 is 1.34 bits per heavy atom. The molecule has 0 aromatic carbocycles. The first-order chi connectivity index (χ1) is 15.2. The van der Waals surface area contributed by atoms with Crippen LogP contribution in [0.3, 0.4) is 0 Å². The smallest absolute Gasteiger partial charge is 0.346 e. The van der Waals surface area contributed by atoms with E-state index in [9.17, 15) is 26.9 Å². The van der Waals surface area contributed by atoms with Crippen molar-refractivity contribution in [1.82, 2.24) is 10.4 Å². The van der Waals surface area contributed by atoms with E-state index < -0.39 is 46.7 Å². The highest BCUT2D eigenvalue weighted by Crippen LogP contribution is 2.36. The zero-order valence-electron chi connectivity index (χ0n) is 16.5. The number of hydrogen-bond donors (Lipinski definition) is 1. The Balaban J connectivity index is 1.98. The number of rotatable bonds is 7. The summed E-state index contributed by atoms with van der Waals surface area (Å²) in [5, 5.41) is 10.3. The fraction of sp³-hybridized carbons (Fsp3) is 0.222. The molecule has 3 rings (SSSR count). The van der Waals surface area contributed by atoms with Gasteiger partial charge in [-0.25, -0.2) is 26.6 Å². The van der Waals surface area contributed by atoms with Gasteiger partial charge in [0.05, 0.1) is 19.1 Å². The number of ether oxygens (including phenoxy) is 1. The molecular weight excluding hydrogens is 480 g/mol. The van der Waals surface area contributed by atoms with Crippen molar-refractivity contribution in [2.24, 2.45) is 5.10 Å². The van der Waals surface area contributed by atoms with Crippen molar-refractivity contribution in [2.75, 3.05) is 12.9 Å². The number of carbonyl (C=O) groups excluding carboxylic acids is 1. The molecule has 1 aliphatic heterocycles. The zero-order chi connectivity index (χ0) is 23.4. The highest BCUT2D eigenvalue weighted by atomic mass is 32.2. The summed E-state index contributed by atoms with van der Waals surface area (Å²) in [4.78, 5) is 15.8. The van der Waals surface area contributed by atoms with Crippen LogP contribution in [0.25, 0.3) is 0 Å². The molecule has 3 heterocycles. The number of carbonyl (C=O) groups is 1. The van der Waals surface area contributed by atoms with Crippen molar-refractivity contribution in [1.29, 1.82) is 5.26 Å². The summed E-state index contributed by atoms with van der Waals surface area (Å²) in [6, 6.07) is 8.59. The van der Waals surface area contributed by atoms with Gasteiger partial charge < -0.3 is 9.15 Å². The fourth-order valence-corrected chi connectivity index (χ4v) is 7.06. The number of esters is 1. The van der Waals surface area contributed by atoms with Gasteiger partial charge in [-0.1, -0.05) is 6.07 Å². The maximum absolute atomic E-state index is 13.0. The molecule has 0 fully saturated rings. The van der Waals surface area contributed by atoms with E-state index in [-0.39, 0.29) is 22.1 Å². The Hall–Kier alpha value is -3.15. The number of nitrogens with one attached hydrogen (secondary N) is 1. The first kappa shape index (κ1) is 23.5. The van der Waals surface area contributed by atoms with E-state index >= 15 is 0 Å². The second-order valence-electron chi connectivity index (χ2n) is 6.23. The number of aromatic nitrogens is 1. The monoisotopic (exact) mass is 496 g/mol. The number of furan rings is 1. The first-order valence-corrected chi connectivity index (χ1v) is 13.0. The van der Waals surface area contributed by atoms with E-state index in [1.807, 2.05) is 0 Å². The first-order valence-electron chi connectivity index (χ1n) is 8.80. The largest absolute Gasteiger partial charge is 0.468 e. The van der Waals surface area contributed by atoms with E-state index in [1.165, 1.54) is 48.9 Å². The van der Waals surface area contributed by atoms with Gasteiger partial charge in [0.15, 0.2) is 14.9 Å². The van der Waals surface area contributed by atoms with Gasteiger partial charge >= 0.3 is 5.97 Å². The summed E-state index contributed by atoms with van der Waals surface area (Å²) in [5.41, 5.74) is 2.13. The van der Waals surface area contributed by atoms with Crippen LogP contribution in [0.5, 0.6) is 0 Å². The van der Waals surface area contributed by atoms with Crippen molar-refractivity contribution >= 4 is 42.4 Å². The number of hydrogen-bond acceptors (Lipinski definition) is 12. The predicted octanol–water partition coefficient (Wildman–Crippen LogP) is 0.990. The molecule has 14 heteroatoms. The molecule has 0 saturated carbocycles. The molecule has 0 spiro atoms. The fourth-order valence-electron chi connectivity index (χ4n) is 2.69. The lowest BCUT2D eigenvalue weighted by Crippen LogP contribution is -2.31. The summed E-state index contributed by atoms with van der Waals surface area (Å²) in [6.45, 7) is 0. The van der Waals surface area contributed by atoms with Crippen LogP contribution in [-0.4, -0.2) is 50.9 Å². The Morgan fingerprint density at radius 3 is 2.72 bits per heavy atom. The maximum Gasteiger partial charge on any atom is 0.346 e. The third-order valence-corrected chi connectivity index (χ3v) is 9.04. The maximum atomic E-state index is 13.0. The molecule has 0 radical (unpaired) electrons. The van der Waals surface area contributed by atoms with E-state index in [1.54, 1.807) is 0 Å². The van der Waals surface area contributed by atoms with Crippen LogP contribution < -0.4 is 5.43 Å². The lowest BCUT2D eigenvalue weighted by Gasteiger charge is -2.14. The van der Waals surface area contributed by atoms with Gasteiger partial charge in [-0.3, -0.25) is 5.43 Å². The molecule has 2 aromatic rings. The van der Waals surface area contributed by atoms with Gasteiger partial charge in [-0.15, -0.1) is 11.8 Å². The SMILES string of the molecule is COC(=O)C1=C(N/N=C(/C#N)S(=O)(=O)c2ccccn2)C(S(=O)(=O)Cc2ccco2)CS1. The molecule has 0 bridgehead atoms. The number of sulfone groups is 2. The number of pyridine rings is 1. The van der Waals surface area contributed by atoms with Crippen LogP contribution in [0.15, 0.2) is 67.9 Å². The molecule has 1 N–H and O–H groups in total. The summed E-state index contributed by atoms with van der Waals surface area (Å²) in [7, 11) is -7.16. The molecular formula is C18H16N4O7S3. The Morgan fingerprint density at radius 2 is 2.12 bits per heavy atom. The second-order valence-corrected chi connectivity index (χ2v) is 11.3. The van der Waals surface area contributed by atoms with Gasteiger partial charge in [0.25, 0.3) is 14.9 Å².